The molecule has 1 fully saturated rings. The Balaban J connectivity index is 1.64. The van der Waals surface area contributed by atoms with Gasteiger partial charge in [-0.15, -0.1) is 0 Å². The first kappa shape index (κ1) is 22.9. The number of hydrogen-bond acceptors (Lipinski definition) is 7. The van der Waals surface area contributed by atoms with Gasteiger partial charge in [0.25, 0.3) is 10.0 Å². The average molecular weight is 454 g/mol. The van der Waals surface area contributed by atoms with E-state index in [1.54, 1.807) is 6.07 Å². The smallest absolute Gasteiger partial charge is 0.329 e. The molecule has 31 heavy (non-hydrogen) atoms. The van der Waals surface area contributed by atoms with E-state index in [-0.39, 0.29) is 42.4 Å². The fourth-order valence-corrected chi connectivity index (χ4v) is 4.02. The lowest BCUT2D eigenvalue weighted by molar-refractivity contribution is -0.154. The fraction of sp³-hybridized carbons (Fsp3) is 0.400. The number of esters is 1. The minimum atomic E-state index is -3.76. The Bertz CT molecular complexity index is 1070. The third-order valence-corrected chi connectivity index (χ3v) is 6.59. The van der Waals surface area contributed by atoms with Crippen LogP contribution in [0.25, 0.3) is 0 Å². The van der Waals surface area contributed by atoms with Crippen molar-refractivity contribution in [2.75, 3.05) is 20.6 Å². The van der Waals surface area contributed by atoms with E-state index in [2.05, 4.69) is 0 Å². The molecule has 11 heteroatoms. The van der Waals surface area contributed by atoms with Crippen molar-refractivity contribution >= 4 is 21.9 Å². The lowest BCUT2D eigenvalue weighted by Crippen LogP contribution is -2.42. The highest BCUT2D eigenvalue weighted by atomic mass is 32.2. The number of rotatable bonds is 7. The van der Waals surface area contributed by atoms with Gasteiger partial charge in [0.05, 0.1) is 12.5 Å². The number of furan rings is 1. The number of halogens is 1. The lowest BCUT2D eigenvalue weighted by atomic mass is 10.1. The summed E-state index contributed by atoms with van der Waals surface area (Å²) in [5.74, 6) is -1.71. The van der Waals surface area contributed by atoms with Crippen LogP contribution in [0.2, 0.25) is 0 Å². The molecule has 1 N–H and O–H groups in total. The zero-order valence-corrected chi connectivity index (χ0v) is 17.8. The molecule has 0 aliphatic carbocycles. The summed E-state index contributed by atoms with van der Waals surface area (Å²) >= 11 is 0. The van der Waals surface area contributed by atoms with Crippen molar-refractivity contribution in [3.05, 3.63) is 53.5 Å². The molecule has 1 aliphatic heterocycles. The van der Waals surface area contributed by atoms with Crippen LogP contribution in [0, 0.1) is 5.82 Å². The lowest BCUT2D eigenvalue weighted by Gasteiger charge is -2.23. The summed E-state index contributed by atoms with van der Waals surface area (Å²) in [5.41, 5.74) is 0.186. The predicted molar refractivity (Wildman–Crippen MR) is 106 cm³/mol. The Morgan fingerprint density at radius 3 is 2.65 bits per heavy atom. The Hall–Kier alpha value is -2.76. The zero-order chi connectivity index (χ0) is 22.8. The van der Waals surface area contributed by atoms with Gasteiger partial charge in [0.15, 0.2) is 0 Å². The average Bonchev–Trinajstić information content (AvgIpc) is 3.35. The summed E-state index contributed by atoms with van der Waals surface area (Å²) in [6.45, 7) is -0.414. The van der Waals surface area contributed by atoms with Crippen LogP contribution in [0.1, 0.15) is 17.7 Å². The van der Waals surface area contributed by atoms with Crippen molar-refractivity contribution in [1.29, 1.82) is 0 Å². The molecule has 168 valence electrons. The number of benzene rings is 1. The number of ether oxygens (including phenoxy) is 1. The normalized spacial score (nSPS) is 19.1. The molecule has 1 aliphatic rings. The van der Waals surface area contributed by atoms with Gasteiger partial charge in [-0.05, 0) is 23.8 Å². The number of aliphatic hydroxyl groups is 1. The van der Waals surface area contributed by atoms with Crippen LogP contribution < -0.4 is 0 Å². The molecule has 1 aromatic carbocycles. The number of carbonyl (C=O) groups excluding carboxylic acids is 2. The highest BCUT2D eigenvalue weighted by Crippen LogP contribution is 2.23. The van der Waals surface area contributed by atoms with E-state index >= 15 is 0 Å². The maximum absolute atomic E-state index is 13.8. The molecule has 0 spiro atoms. The molecule has 2 unspecified atom stereocenters. The van der Waals surface area contributed by atoms with E-state index in [4.69, 9.17) is 9.15 Å². The van der Waals surface area contributed by atoms with Crippen molar-refractivity contribution in [2.24, 2.45) is 0 Å². The first-order valence-electron chi connectivity index (χ1n) is 9.48. The summed E-state index contributed by atoms with van der Waals surface area (Å²) in [7, 11) is -1.05. The maximum Gasteiger partial charge on any atom is 0.329 e. The number of sulfonamides is 1. The molecule has 0 saturated carbocycles. The van der Waals surface area contributed by atoms with E-state index < -0.39 is 39.9 Å². The van der Waals surface area contributed by atoms with Crippen molar-refractivity contribution in [3.63, 3.8) is 0 Å². The van der Waals surface area contributed by atoms with Crippen LogP contribution in [-0.2, 0) is 37.4 Å². The van der Waals surface area contributed by atoms with Crippen LogP contribution in [0.3, 0.4) is 0 Å². The Morgan fingerprint density at radius 1 is 1.26 bits per heavy atom. The van der Waals surface area contributed by atoms with Gasteiger partial charge in [0.2, 0.25) is 11.0 Å². The number of aliphatic hydroxyl groups excluding tert-OH is 1. The molecule has 0 bridgehead atoms. The van der Waals surface area contributed by atoms with Gasteiger partial charge < -0.3 is 19.2 Å². The van der Waals surface area contributed by atoms with Crippen molar-refractivity contribution in [2.45, 2.75) is 36.7 Å². The Kier molecular flexibility index (Phi) is 6.77. The van der Waals surface area contributed by atoms with Gasteiger partial charge >= 0.3 is 5.97 Å². The van der Waals surface area contributed by atoms with Crippen molar-refractivity contribution in [1.82, 2.24) is 9.21 Å². The summed E-state index contributed by atoms with van der Waals surface area (Å²) in [6, 6.07) is 7.41. The highest BCUT2D eigenvalue weighted by Gasteiger charge is 2.40. The van der Waals surface area contributed by atoms with Gasteiger partial charge in [-0.2, -0.15) is 0 Å². The summed E-state index contributed by atoms with van der Waals surface area (Å²) < 4.78 is 49.3. The second kappa shape index (κ2) is 9.16. The quantitative estimate of drug-likeness (QED) is 0.618. The largest absolute Gasteiger partial charge is 0.456 e. The second-order valence-electron chi connectivity index (χ2n) is 7.34. The number of nitrogens with zero attached hydrogens (tertiary/aromatic N) is 2. The van der Waals surface area contributed by atoms with Crippen molar-refractivity contribution in [3.8, 4) is 0 Å². The van der Waals surface area contributed by atoms with Crippen molar-refractivity contribution < 1.29 is 36.7 Å². The minimum absolute atomic E-state index is 0.0136. The number of likely N-dealkylation sites (tertiary alicyclic amines) is 1. The van der Waals surface area contributed by atoms with E-state index in [1.165, 1.54) is 49.3 Å². The Morgan fingerprint density at radius 2 is 1.97 bits per heavy atom. The molecule has 3 rings (SSSR count). The third-order valence-electron chi connectivity index (χ3n) is 4.90. The monoisotopic (exact) mass is 454 g/mol. The van der Waals surface area contributed by atoms with Crippen LogP contribution in [0.5, 0.6) is 0 Å². The molecule has 0 radical (unpaired) electrons. The standard InChI is InChI=1S/C20H23FN2O7S/c1-22(2)31(27,28)19-8-7-15(30-19)12-29-20(26)17-10-14(24)11-23(17)18(25)9-13-5-3-4-6-16(13)21/h3-8,14,17,24H,9-12H2,1-2H3. The first-order chi connectivity index (χ1) is 14.6. The molecular formula is C20H23FN2O7S. The van der Waals surface area contributed by atoms with Gasteiger partial charge in [0.1, 0.15) is 24.2 Å². The zero-order valence-electron chi connectivity index (χ0n) is 17.0. The van der Waals surface area contributed by atoms with Crippen LogP contribution in [0.4, 0.5) is 4.39 Å². The third kappa shape index (κ3) is 5.12. The van der Waals surface area contributed by atoms with E-state index in [0.717, 1.165) is 4.31 Å². The Labute approximate surface area is 179 Å². The van der Waals surface area contributed by atoms with Crippen LogP contribution in [-0.4, -0.2) is 67.4 Å². The number of hydrogen-bond donors (Lipinski definition) is 1. The molecule has 1 saturated heterocycles. The van der Waals surface area contributed by atoms with E-state index in [0.29, 0.717) is 0 Å². The predicted octanol–water partition coefficient (Wildman–Crippen LogP) is 0.917. The van der Waals surface area contributed by atoms with Gasteiger partial charge in [-0.1, -0.05) is 18.2 Å². The van der Waals surface area contributed by atoms with Crippen LogP contribution in [0.15, 0.2) is 45.9 Å². The number of amides is 1. The van der Waals surface area contributed by atoms with Gasteiger partial charge in [0, 0.05) is 27.1 Å². The molecule has 2 atom stereocenters. The van der Waals surface area contributed by atoms with Crippen LogP contribution >= 0.6 is 0 Å². The highest BCUT2D eigenvalue weighted by molar-refractivity contribution is 7.88. The molecule has 9 nitrogen and oxygen atoms in total. The molecule has 1 aromatic heterocycles. The summed E-state index contributed by atoms with van der Waals surface area (Å²) in [4.78, 5) is 26.3. The molecule has 2 heterocycles. The second-order valence-corrected chi connectivity index (χ2v) is 9.42. The van der Waals surface area contributed by atoms with E-state index in [1.807, 2.05) is 0 Å². The minimum Gasteiger partial charge on any atom is -0.456 e. The molecular weight excluding hydrogens is 431 g/mol. The number of carbonyl (C=O) groups is 2. The van der Waals surface area contributed by atoms with Gasteiger partial charge in [-0.3, -0.25) is 4.79 Å². The SMILES string of the molecule is CN(C)S(=O)(=O)c1ccc(COC(=O)C2CC(O)CN2C(=O)Cc2ccccc2F)o1. The summed E-state index contributed by atoms with van der Waals surface area (Å²) in [6.07, 6.45) is -1.18. The topological polar surface area (TPSA) is 117 Å². The number of β-amino-alcohol motifs (C(OH)–C–C–N with tert-alkyl or cyclic N) is 1. The maximum atomic E-state index is 13.8. The fourth-order valence-electron chi connectivity index (χ4n) is 3.21. The van der Waals surface area contributed by atoms with Gasteiger partial charge in [-0.25, -0.2) is 21.9 Å². The van der Waals surface area contributed by atoms with E-state index in [9.17, 15) is 27.5 Å². The molecule has 2 aromatic rings. The first-order valence-corrected chi connectivity index (χ1v) is 10.9. The molecule has 1 amide bonds. The summed E-state index contributed by atoms with van der Waals surface area (Å²) in [5, 5.41) is 9.66.